The number of carbonyl (C=O) groups is 3. The van der Waals surface area contributed by atoms with Gasteiger partial charge in [0.25, 0.3) is 5.91 Å². The third kappa shape index (κ3) is 7.92. The molecule has 2 fully saturated rings. The Morgan fingerprint density at radius 1 is 1.05 bits per heavy atom. The molecule has 4 rings (SSSR count). The number of aromatic nitrogens is 1. The summed E-state index contributed by atoms with van der Waals surface area (Å²) < 4.78 is 5.64. The molecule has 1 aliphatic carbocycles. The molecule has 3 amide bonds. The van der Waals surface area contributed by atoms with E-state index in [0.717, 1.165) is 37.7 Å². The summed E-state index contributed by atoms with van der Waals surface area (Å²) in [6.45, 7) is 11.7. The Morgan fingerprint density at radius 3 is 2.28 bits per heavy atom. The average molecular weight is 588 g/mol. The van der Waals surface area contributed by atoms with Gasteiger partial charge in [0, 0.05) is 36.2 Å². The van der Waals surface area contributed by atoms with Gasteiger partial charge in [-0.3, -0.25) is 24.4 Å². The molecular weight excluding hydrogens is 542 g/mol. The SMILES string of the molecule is CC(C)(C)OC(=O)N1C[C@@H](C#N)C[C@@H]1C(=O)N(c1ccc(C(C)(C)C)cc1)C(C(=O)NC1CCCCC1)c1cccnc1. The van der Waals surface area contributed by atoms with E-state index >= 15 is 0 Å². The van der Waals surface area contributed by atoms with Crippen molar-refractivity contribution in [1.29, 1.82) is 5.26 Å². The van der Waals surface area contributed by atoms with Gasteiger partial charge in [0.1, 0.15) is 17.7 Å². The molecule has 2 aromatic rings. The van der Waals surface area contributed by atoms with Crippen LogP contribution in [0.25, 0.3) is 0 Å². The van der Waals surface area contributed by atoms with Gasteiger partial charge in [-0.1, -0.05) is 58.2 Å². The fraction of sp³-hybridized carbons (Fsp3) is 0.559. The molecule has 1 saturated heterocycles. The fourth-order valence-corrected chi connectivity index (χ4v) is 5.85. The van der Waals surface area contributed by atoms with Crippen molar-refractivity contribution in [2.75, 3.05) is 11.4 Å². The van der Waals surface area contributed by atoms with Crippen molar-refractivity contribution in [2.45, 2.75) is 109 Å². The molecule has 0 radical (unpaired) electrons. The van der Waals surface area contributed by atoms with Gasteiger partial charge in [-0.25, -0.2) is 4.79 Å². The second kappa shape index (κ2) is 13.2. The maximum atomic E-state index is 14.7. The lowest BCUT2D eigenvalue weighted by Crippen LogP contribution is -2.53. The average Bonchev–Trinajstić information content (AvgIpc) is 3.40. The van der Waals surface area contributed by atoms with E-state index in [-0.39, 0.29) is 30.3 Å². The Kier molecular flexibility index (Phi) is 9.79. The van der Waals surface area contributed by atoms with E-state index in [9.17, 15) is 19.6 Å². The minimum Gasteiger partial charge on any atom is -0.444 e. The van der Waals surface area contributed by atoms with E-state index in [0.29, 0.717) is 11.3 Å². The summed E-state index contributed by atoms with van der Waals surface area (Å²) in [5.41, 5.74) is 1.26. The first-order valence-electron chi connectivity index (χ1n) is 15.3. The van der Waals surface area contributed by atoms with Crippen molar-refractivity contribution < 1.29 is 19.1 Å². The van der Waals surface area contributed by atoms with Crippen LogP contribution < -0.4 is 10.2 Å². The maximum absolute atomic E-state index is 14.7. The van der Waals surface area contributed by atoms with E-state index in [1.807, 2.05) is 24.3 Å². The highest BCUT2D eigenvalue weighted by atomic mass is 16.6. The molecule has 0 bridgehead atoms. The first kappa shape index (κ1) is 32.0. The molecule has 1 aromatic carbocycles. The van der Waals surface area contributed by atoms with Gasteiger partial charge < -0.3 is 10.1 Å². The zero-order valence-corrected chi connectivity index (χ0v) is 26.3. The molecule has 230 valence electrons. The van der Waals surface area contributed by atoms with Crippen LogP contribution in [0.15, 0.2) is 48.8 Å². The Morgan fingerprint density at radius 2 is 1.72 bits per heavy atom. The van der Waals surface area contributed by atoms with Crippen LogP contribution in [0, 0.1) is 17.2 Å². The molecule has 0 spiro atoms. The zero-order chi connectivity index (χ0) is 31.4. The van der Waals surface area contributed by atoms with Crippen LogP contribution in [-0.2, 0) is 19.7 Å². The van der Waals surface area contributed by atoms with Crippen molar-refractivity contribution >= 4 is 23.6 Å². The zero-order valence-electron chi connectivity index (χ0n) is 26.3. The molecule has 1 saturated carbocycles. The van der Waals surface area contributed by atoms with Gasteiger partial charge in [-0.2, -0.15) is 5.26 Å². The van der Waals surface area contributed by atoms with Crippen molar-refractivity contribution in [3.8, 4) is 6.07 Å². The lowest BCUT2D eigenvalue weighted by molar-refractivity contribution is -0.129. The number of anilines is 1. The minimum absolute atomic E-state index is 0.0216. The molecule has 9 nitrogen and oxygen atoms in total. The lowest BCUT2D eigenvalue weighted by atomic mass is 9.87. The van der Waals surface area contributed by atoms with Gasteiger partial charge in [0.2, 0.25) is 5.91 Å². The van der Waals surface area contributed by atoms with E-state index in [2.05, 4.69) is 37.1 Å². The summed E-state index contributed by atoms with van der Waals surface area (Å²) in [5.74, 6) is -1.29. The van der Waals surface area contributed by atoms with Crippen molar-refractivity contribution in [3.05, 3.63) is 59.9 Å². The number of rotatable bonds is 6. The first-order valence-corrected chi connectivity index (χ1v) is 15.3. The summed E-state index contributed by atoms with van der Waals surface area (Å²) in [6, 6.07) is 11.4. The van der Waals surface area contributed by atoms with Crippen molar-refractivity contribution in [2.24, 2.45) is 5.92 Å². The van der Waals surface area contributed by atoms with Crippen LogP contribution >= 0.6 is 0 Å². The van der Waals surface area contributed by atoms with Crippen molar-refractivity contribution in [3.63, 3.8) is 0 Å². The minimum atomic E-state index is -1.04. The third-order valence-corrected chi connectivity index (χ3v) is 8.10. The number of ether oxygens (including phenoxy) is 1. The van der Waals surface area contributed by atoms with E-state index in [1.54, 1.807) is 45.3 Å². The van der Waals surface area contributed by atoms with Gasteiger partial charge in [-0.05, 0) is 69.2 Å². The van der Waals surface area contributed by atoms with Gasteiger partial charge in [0.05, 0.1) is 12.0 Å². The highest BCUT2D eigenvalue weighted by Gasteiger charge is 2.46. The molecule has 1 unspecified atom stereocenters. The summed E-state index contributed by atoms with van der Waals surface area (Å²) in [4.78, 5) is 49.4. The molecule has 1 aliphatic heterocycles. The Balaban J connectivity index is 1.81. The topological polar surface area (TPSA) is 116 Å². The number of hydrogen-bond acceptors (Lipinski definition) is 6. The quantitative estimate of drug-likeness (QED) is 0.440. The number of nitriles is 1. The Bertz CT molecular complexity index is 1320. The van der Waals surface area contributed by atoms with Crippen LogP contribution in [0.3, 0.4) is 0 Å². The highest BCUT2D eigenvalue weighted by Crippen LogP contribution is 2.35. The molecule has 2 heterocycles. The van der Waals surface area contributed by atoms with Crippen LogP contribution in [-0.4, -0.2) is 52.0 Å². The number of carbonyl (C=O) groups excluding carboxylic acids is 3. The largest absolute Gasteiger partial charge is 0.444 e. The van der Waals surface area contributed by atoms with Gasteiger partial charge >= 0.3 is 6.09 Å². The number of pyridine rings is 1. The third-order valence-electron chi connectivity index (χ3n) is 8.10. The lowest BCUT2D eigenvalue weighted by Gasteiger charge is -2.36. The van der Waals surface area contributed by atoms with Crippen molar-refractivity contribution in [1.82, 2.24) is 15.2 Å². The van der Waals surface area contributed by atoms with E-state index in [4.69, 9.17) is 4.74 Å². The van der Waals surface area contributed by atoms with Crippen LogP contribution in [0.4, 0.5) is 10.5 Å². The predicted molar refractivity (Wildman–Crippen MR) is 165 cm³/mol. The van der Waals surface area contributed by atoms with Crippen LogP contribution in [0.5, 0.6) is 0 Å². The Hall–Kier alpha value is -3.93. The number of hydrogen-bond donors (Lipinski definition) is 1. The van der Waals surface area contributed by atoms with Crippen LogP contribution in [0.2, 0.25) is 0 Å². The molecule has 3 atom stereocenters. The standard InChI is InChI=1S/C34H45N5O4/c1-33(2,3)25-14-16-27(17-15-25)39(31(41)28-19-23(20-35)22-38(28)32(42)43-34(4,5)6)29(24-11-10-18-36-21-24)30(40)37-26-12-8-7-9-13-26/h10-11,14-18,21,23,26,28-29H,7-9,12-13,19,22H2,1-6H3,(H,37,40)/t23-,28-,29?/m1/s1. The summed E-state index contributed by atoms with van der Waals surface area (Å²) in [7, 11) is 0. The number of amides is 3. The second-order valence-electron chi connectivity index (χ2n) is 13.7. The Labute approximate surface area is 255 Å². The molecular formula is C34H45N5O4. The summed E-state index contributed by atoms with van der Waals surface area (Å²) >= 11 is 0. The molecule has 2 aliphatic rings. The van der Waals surface area contributed by atoms with E-state index < -0.39 is 35.6 Å². The number of nitrogens with one attached hydrogen (secondary N) is 1. The number of nitrogens with zero attached hydrogens (tertiary/aromatic N) is 4. The number of likely N-dealkylation sites (tertiary alicyclic amines) is 1. The van der Waals surface area contributed by atoms with Crippen LogP contribution in [0.1, 0.15) is 97.2 Å². The van der Waals surface area contributed by atoms with E-state index in [1.165, 1.54) is 9.80 Å². The smallest absolute Gasteiger partial charge is 0.411 e. The summed E-state index contributed by atoms with van der Waals surface area (Å²) in [5, 5.41) is 13.0. The maximum Gasteiger partial charge on any atom is 0.411 e. The monoisotopic (exact) mass is 587 g/mol. The van der Waals surface area contributed by atoms with Gasteiger partial charge in [0.15, 0.2) is 0 Å². The predicted octanol–water partition coefficient (Wildman–Crippen LogP) is 6.05. The number of benzene rings is 1. The second-order valence-corrected chi connectivity index (χ2v) is 13.7. The summed E-state index contributed by atoms with van der Waals surface area (Å²) in [6.07, 6.45) is 7.73. The molecule has 1 aromatic heterocycles. The van der Waals surface area contributed by atoms with Gasteiger partial charge in [-0.15, -0.1) is 0 Å². The highest BCUT2D eigenvalue weighted by molar-refractivity contribution is 6.05. The molecule has 9 heteroatoms. The molecule has 43 heavy (non-hydrogen) atoms. The normalized spacial score (nSPS) is 20.2. The molecule has 1 N–H and O–H groups in total. The fourth-order valence-electron chi connectivity index (χ4n) is 5.85. The first-order chi connectivity index (χ1) is 20.3.